The van der Waals surface area contributed by atoms with E-state index in [1.807, 2.05) is 26.0 Å². The van der Waals surface area contributed by atoms with Crippen LogP contribution in [0.3, 0.4) is 0 Å². The Hall–Kier alpha value is -2.40. The SMILES string of the molecule is Cc1ccc(NC(=O)CN2C(=O)[C@@H](C)CSc3ccc(S(=O)(=O)N4CCOCC4)cc32)cc1. The van der Waals surface area contributed by atoms with E-state index in [2.05, 4.69) is 5.32 Å². The summed E-state index contributed by atoms with van der Waals surface area (Å²) < 4.78 is 33.0. The maximum atomic E-state index is 13.2. The van der Waals surface area contributed by atoms with Gasteiger partial charge < -0.3 is 15.0 Å². The summed E-state index contributed by atoms with van der Waals surface area (Å²) in [4.78, 5) is 28.3. The molecular formula is C23H27N3O5S2. The number of thioether (sulfide) groups is 1. The molecule has 0 saturated carbocycles. The summed E-state index contributed by atoms with van der Waals surface area (Å²) in [6.45, 7) is 4.84. The van der Waals surface area contributed by atoms with Gasteiger partial charge in [0.05, 0.1) is 23.8 Å². The number of morpholine rings is 1. The first-order valence-corrected chi connectivity index (χ1v) is 13.2. The average Bonchev–Trinajstić information content (AvgIpc) is 2.93. The summed E-state index contributed by atoms with van der Waals surface area (Å²) in [7, 11) is -3.74. The Bertz CT molecular complexity index is 1150. The van der Waals surface area contributed by atoms with Crippen molar-refractivity contribution in [3.8, 4) is 0 Å². The summed E-state index contributed by atoms with van der Waals surface area (Å²) >= 11 is 1.49. The van der Waals surface area contributed by atoms with Gasteiger partial charge in [-0.25, -0.2) is 8.42 Å². The molecule has 1 saturated heterocycles. The molecule has 2 aromatic rings. The number of anilines is 2. The molecule has 33 heavy (non-hydrogen) atoms. The molecule has 2 aromatic carbocycles. The monoisotopic (exact) mass is 489 g/mol. The van der Waals surface area contributed by atoms with Gasteiger partial charge in [0, 0.05) is 35.3 Å². The molecule has 0 aromatic heterocycles. The van der Waals surface area contributed by atoms with Gasteiger partial charge in [-0.15, -0.1) is 11.8 Å². The van der Waals surface area contributed by atoms with Gasteiger partial charge in [0.25, 0.3) is 0 Å². The van der Waals surface area contributed by atoms with Crippen molar-refractivity contribution in [2.75, 3.05) is 48.8 Å². The van der Waals surface area contributed by atoms with Gasteiger partial charge in [0.2, 0.25) is 21.8 Å². The summed E-state index contributed by atoms with van der Waals surface area (Å²) in [5.74, 6) is -0.314. The molecule has 8 nitrogen and oxygen atoms in total. The third-order valence-electron chi connectivity index (χ3n) is 5.64. The molecule has 1 fully saturated rings. The first-order valence-electron chi connectivity index (χ1n) is 10.8. The molecule has 0 radical (unpaired) electrons. The van der Waals surface area contributed by atoms with Crippen LogP contribution >= 0.6 is 11.8 Å². The normalized spacial score (nSPS) is 19.6. The fourth-order valence-electron chi connectivity index (χ4n) is 3.74. The molecule has 0 unspecified atom stereocenters. The number of nitrogens with zero attached hydrogens (tertiary/aromatic N) is 2. The maximum Gasteiger partial charge on any atom is 0.244 e. The highest BCUT2D eigenvalue weighted by Crippen LogP contribution is 2.38. The van der Waals surface area contributed by atoms with Crippen LogP contribution in [0, 0.1) is 12.8 Å². The van der Waals surface area contributed by atoms with Crippen molar-refractivity contribution in [2.45, 2.75) is 23.6 Å². The van der Waals surface area contributed by atoms with Crippen LogP contribution < -0.4 is 10.2 Å². The molecule has 176 valence electrons. The highest BCUT2D eigenvalue weighted by Gasteiger charge is 2.32. The zero-order valence-corrected chi connectivity index (χ0v) is 20.2. The Labute approximate surface area is 198 Å². The number of sulfonamides is 1. The first-order chi connectivity index (χ1) is 15.8. The third kappa shape index (κ3) is 5.24. The Morgan fingerprint density at radius 2 is 1.85 bits per heavy atom. The van der Waals surface area contributed by atoms with Crippen LogP contribution in [0.5, 0.6) is 0 Å². The summed E-state index contributed by atoms with van der Waals surface area (Å²) in [5, 5.41) is 2.82. The number of amides is 2. The quantitative estimate of drug-likeness (QED) is 0.694. The Kier molecular flexibility index (Phi) is 7.08. The van der Waals surface area contributed by atoms with Crippen molar-refractivity contribution in [3.63, 3.8) is 0 Å². The zero-order valence-electron chi connectivity index (χ0n) is 18.6. The molecule has 0 bridgehead atoms. The summed E-state index contributed by atoms with van der Waals surface area (Å²) in [6, 6.07) is 12.2. The van der Waals surface area contributed by atoms with Gasteiger partial charge in [-0.2, -0.15) is 4.31 Å². The van der Waals surface area contributed by atoms with Crippen LogP contribution in [0.25, 0.3) is 0 Å². The second-order valence-corrected chi connectivity index (χ2v) is 11.2. The number of fused-ring (bicyclic) bond motifs is 1. The van der Waals surface area contributed by atoms with Gasteiger partial charge in [0.15, 0.2) is 0 Å². The minimum absolute atomic E-state index is 0.107. The van der Waals surface area contributed by atoms with E-state index < -0.39 is 10.0 Å². The van der Waals surface area contributed by atoms with E-state index in [9.17, 15) is 18.0 Å². The molecule has 2 aliphatic rings. The van der Waals surface area contributed by atoms with Crippen LogP contribution in [-0.4, -0.2) is 63.1 Å². The molecule has 2 amide bonds. The van der Waals surface area contributed by atoms with Gasteiger partial charge in [-0.1, -0.05) is 24.6 Å². The molecule has 0 aliphatic carbocycles. The Balaban J connectivity index is 1.64. The number of carbonyl (C=O) groups is 2. The van der Waals surface area contributed by atoms with Gasteiger partial charge >= 0.3 is 0 Å². The van der Waals surface area contributed by atoms with Crippen molar-refractivity contribution in [1.29, 1.82) is 0 Å². The number of nitrogens with one attached hydrogen (secondary N) is 1. The predicted molar refractivity (Wildman–Crippen MR) is 128 cm³/mol. The van der Waals surface area contributed by atoms with Gasteiger partial charge in [-0.3, -0.25) is 9.59 Å². The number of ether oxygens (including phenoxy) is 1. The molecule has 4 rings (SSSR count). The number of hydrogen-bond acceptors (Lipinski definition) is 6. The fourth-order valence-corrected chi connectivity index (χ4v) is 6.22. The lowest BCUT2D eigenvalue weighted by molar-refractivity contribution is -0.123. The zero-order chi connectivity index (χ0) is 23.6. The Morgan fingerprint density at radius 1 is 1.15 bits per heavy atom. The molecule has 10 heteroatoms. The highest BCUT2D eigenvalue weighted by molar-refractivity contribution is 7.99. The van der Waals surface area contributed by atoms with Crippen molar-refractivity contribution in [3.05, 3.63) is 48.0 Å². The lowest BCUT2D eigenvalue weighted by atomic mass is 10.1. The standard InChI is InChI=1S/C23H27N3O5S2/c1-16-3-5-18(6-4-16)24-22(27)14-26-20-13-19(33(29,30)25-9-11-31-12-10-25)7-8-21(20)32-15-17(2)23(26)28/h3-8,13,17H,9-12,14-15H2,1-2H3,(H,24,27)/t17-/m0/s1. The van der Waals surface area contributed by atoms with Crippen LogP contribution in [0.15, 0.2) is 52.3 Å². The molecular weight excluding hydrogens is 462 g/mol. The van der Waals surface area contributed by atoms with Gasteiger partial charge in [-0.05, 0) is 37.3 Å². The number of hydrogen-bond donors (Lipinski definition) is 1. The van der Waals surface area contributed by atoms with E-state index in [0.717, 1.165) is 10.5 Å². The second-order valence-electron chi connectivity index (χ2n) is 8.20. The van der Waals surface area contributed by atoms with E-state index in [1.54, 1.807) is 24.3 Å². The minimum Gasteiger partial charge on any atom is -0.379 e. The summed E-state index contributed by atoms with van der Waals surface area (Å²) in [5.41, 5.74) is 2.16. The average molecular weight is 490 g/mol. The molecule has 2 aliphatic heterocycles. The van der Waals surface area contributed by atoms with Crippen molar-refractivity contribution in [2.24, 2.45) is 5.92 Å². The van der Waals surface area contributed by atoms with Crippen LogP contribution in [-0.2, 0) is 24.3 Å². The minimum atomic E-state index is -3.74. The molecule has 1 atom stereocenters. The first kappa shape index (κ1) is 23.7. The maximum absolute atomic E-state index is 13.2. The molecule has 2 heterocycles. The van der Waals surface area contributed by atoms with E-state index in [0.29, 0.717) is 30.3 Å². The number of aryl methyl sites for hydroxylation is 1. The van der Waals surface area contributed by atoms with Crippen molar-refractivity contribution < 1.29 is 22.7 Å². The lowest BCUT2D eigenvalue weighted by Gasteiger charge is -2.27. The van der Waals surface area contributed by atoms with Crippen LogP contribution in [0.4, 0.5) is 11.4 Å². The highest BCUT2D eigenvalue weighted by atomic mass is 32.2. The van der Waals surface area contributed by atoms with Crippen LogP contribution in [0.2, 0.25) is 0 Å². The summed E-state index contributed by atoms with van der Waals surface area (Å²) in [6.07, 6.45) is 0. The smallest absolute Gasteiger partial charge is 0.244 e. The van der Waals surface area contributed by atoms with E-state index in [-0.39, 0.29) is 42.3 Å². The van der Waals surface area contributed by atoms with E-state index in [4.69, 9.17) is 4.74 Å². The Morgan fingerprint density at radius 3 is 2.55 bits per heavy atom. The third-order valence-corrected chi connectivity index (χ3v) is 8.86. The molecule has 1 N–H and O–H groups in total. The van der Waals surface area contributed by atoms with Gasteiger partial charge in [0.1, 0.15) is 6.54 Å². The number of benzene rings is 2. The molecule has 0 spiro atoms. The van der Waals surface area contributed by atoms with Crippen molar-refractivity contribution >= 4 is 45.0 Å². The van der Waals surface area contributed by atoms with E-state index in [1.165, 1.54) is 27.0 Å². The second kappa shape index (κ2) is 9.84. The van der Waals surface area contributed by atoms with Crippen LogP contribution in [0.1, 0.15) is 12.5 Å². The van der Waals surface area contributed by atoms with E-state index >= 15 is 0 Å². The topological polar surface area (TPSA) is 96.0 Å². The predicted octanol–water partition coefficient (Wildman–Crippen LogP) is 2.73. The largest absolute Gasteiger partial charge is 0.379 e. The van der Waals surface area contributed by atoms with Crippen molar-refractivity contribution in [1.82, 2.24) is 4.31 Å². The fraction of sp³-hybridized carbons (Fsp3) is 0.391. The lowest BCUT2D eigenvalue weighted by Crippen LogP contribution is -2.42. The number of carbonyl (C=O) groups excluding carboxylic acids is 2. The number of rotatable bonds is 5.